The van der Waals surface area contributed by atoms with Crippen LogP contribution in [0.5, 0.6) is 0 Å². The van der Waals surface area contributed by atoms with Crippen molar-refractivity contribution < 1.29 is 0 Å². The zero-order chi connectivity index (χ0) is 25.8. The highest BCUT2D eigenvalue weighted by Gasteiger charge is 2.29. The normalized spacial score (nSPS) is 12.1. The van der Waals surface area contributed by atoms with E-state index in [4.69, 9.17) is 9.97 Å². The summed E-state index contributed by atoms with van der Waals surface area (Å²) in [6, 6.07) is 24.2. The Morgan fingerprint density at radius 1 is 0.639 bits per heavy atom. The molecule has 0 fully saturated rings. The summed E-state index contributed by atoms with van der Waals surface area (Å²) < 4.78 is 4.07. The molecule has 0 amide bonds. The van der Waals surface area contributed by atoms with E-state index in [1.165, 1.54) is 0 Å². The molecule has 2 heterocycles. The molecule has 5 aromatic rings. The first kappa shape index (κ1) is 23.3. The van der Waals surface area contributed by atoms with Gasteiger partial charge in [-0.25, -0.2) is 9.97 Å². The number of hydrogen-bond donors (Lipinski definition) is 0. The Kier molecular flexibility index (Phi) is 5.23. The van der Waals surface area contributed by atoms with E-state index in [9.17, 15) is 10.5 Å². The molecule has 2 aromatic heterocycles. The highest BCUT2D eigenvalue weighted by Crippen LogP contribution is 2.36. The second-order valence-corrected chi connectivity index (χ2v) is 11.1. The van der Waals surface area contributed by atoms with Gasteiger partial charge in [-0.3, -0.25) is 9.13 Å². The molecule has 0 aliphatic heterocycles. The van der Waals surface area contributed by atoms with E-state index in [0.29, 0.717) is 22.5 Å². The van der Waals surface area contributed by atoms with Crippen LogP contribution < -0.4 is 0 Å². The van der Waals surface area contributed by atoms with Gasteiger partial charge in [-0.1, -0.05) is 65.8 Å². The zero-order valence-corrected chi connectivity index (χ0v) is 21.5. The molecule has 178 valence electrons. The first-order valence-corrected chi connectivity index (χ1v) is 12.0. The van der Waals surface area contributed by atoms with Gasteiger partial charge in [0, 0.05) is 10.8 Å². The van der Waals surface area contributed by atoms with Crippen molar-refractivity contribution in [3.05, 3.63) is 83.4 Å². The number of rotatable bonds is 2. The van der Waals surface area contributed by atoms with Crippen LogP contribution in [0.25, 0.3) is 33.4 Å². The number of imidazole rings is 2. The van der Waals surface area contributed by atoms with Crippen LogP contribution in [-0.2, 0) is 10.8 Å². The molecule has 0 radical (unpaired) electrons. The Labute approximate surface area is 211 Å². The quantitative estimate of drug-likeness (QED) is 0.286. The number of aromatic nitrogens is 4. The summed E-state index contributed by atoms with van der Waals surface area (Å²) in [4.78, 5) is 9.88. The molecule has 36 heavy (non-hydrogen) atoms. The van der Waals surface area contributed by atoms with Crippen LogP contribution in [0.3, 0.4) is 0 Å². The van der Waals surface area contributed by atoms with Gasteiger partial charge < -0.3 is 0 Å². The van der Waals surface area contributed by atoms with Crippen LogP contribution >= 0.6 is 0 Å². The predicted octanol–water partition coefficient (Wildman–Crippen LogP) is 6.70. The van der Waals surface area contributed by atoms with Crippen molar-refractivity contribution in [3.8, 4) is 23.5 Å². The summed E-state index contributed by atoms with van der Waals surface area (Å²) in [5, 5.41) is 20.6. The Bertz CT molecular complexity index is 1610. The average Bonchev–Trinajstić information content (AvgIpc) is 3.42. The smallest absolute Gasteiger partial charge is 0.119 e. The van der Waals surface area contributed by atoms with Crippen LogP contribution in [0.4, 0.5) is 0 Å². The highest BCUT2D eigenvalue weighted by molar-refractivity contribution is 5.83. The molecule has 5 rings (SSSR count). The van der Waals surface area contributed by atoms with E-state index in [0.717, 1.165) is 33.7 Å². The number of nitrogens with zero attached hydrogens (tertiary/aromatic N) is 6. The summed E-state index contributed by atoms with van der Waals surface area (Å²) in [6.45, 7) is 12.6. The lowest BCUT2D eigenvalue weighted by atomic mass is 9.94. The van der Waals surface area contributed by atoms with Gasteiger partial charge in [0.1, 0.15) is 23.3 Å². The molecule has 0 bridgehead atoms. The summed E-state index contributed by atoms with van der Waals surface area (Å²) in [5.74, 6) is 1.65. The van der Waals surface area contributed by atoms with Gasteiger partial charge >= 0.3 is 0 Å². The fourth-order valence-corrected chi connectivity index (χ4v) is 4.69. The van der Waals surface area contributed by atoms with Crippen molar-refractivity contribution in [1.82, 2.24) is 19.1 Å². The Balaban J connectivity index is 1.96. The molecule has 3 aromatic carbocycles. The van der Waals surface area contributed by atoms with Crippen molar-refractivity contribution in [2.75, 3.05) is 0 Å². The molecule has 0 atom stereocenters. The number of fused-ring (bicyclic) bond motifs is 2. The monoisotopic (exact) mass is 472 g/mol. The Hall–Kier alpha value is -4.42. The largest absolute Gasteiger partial charge is 0.294 e. The molecule has 6 nitrogen and oxygen atoms in total. The minimum Gasteiger partial charge on any atom is -0.294 e. The molecule has 0 aliphatic rings. The summed E-state index contributed by atoms with van der Waals surface area (Å²) in [7, 11) is 0. The molecule has 6 heteroatoms. The second-order valence-electron chi connectivity index (χ2n) is 11.1. The first-order chi connectivity index (χ1) is 17.0. The van der Waals surface area contributed by atoms with Gasteiger partial charge in [0.25, 0.3) is 0 Å². The lowest BCUT2D eigenvalue weighted by molar-refractivity contribution is 0.537. The van der Waals surface area contributed by atoms with E-state index in [1.54, 1.807) is 12.1 Å². The zero-order valence-electron chi connectivity index (χ0n) is 21.5. The number of para-hydroxylation sites is 4. The first-order valence-electron chi connectivity index (χ1n) is 12.0. The van der Waals surface area contributed by atoms with Crippen LogP contribution in [0.1, 0.15) is 64.3 Å². The molecule has 0 spiro atoms. The van der Waals surface area contributed by atoms with Gasteiger partial charge in [-0.2, -0.15) is 10.5 Å². The number of nitriles is 2. The van der Waals surface area contributed by atoms with E-state index < -0.39 is 0 Å². The summed E-state index contributed by atoms with van der Waals surface area (Å²) in [5.41, 5.74) is 5.10. The SMILES string of the molecule is CC(C)(C)c1nc2ccccc2n1-c1cc(C#N)cc(-n2c(C(C)(C)C)nc3ccccc32)c1C#N. The molecule has 0 unspecified atom stereocenters. The van der Waals surface area contributed by atoms with Gasteiger partial charge in [0.15, 0.2) is 0 Å². The Morgan fingerprint density at radius 2 is 1.06 bits per heavy atom. The Morgan fingerprint density at radius 3 is 1.42 bits per heavy atom. The lowest BCUT2D eigenvalue weighted by Crippen LogP contribution is -2.21. The molecule has 0 aliphatic carbocycles. The topological polar surface area (TPSA) is 83.2 Å². The lowest BCUT2D eigenvalue weighted by Gasteiger charge is -2.24. The third-order valence-electron chi connectivity index (χ3n) is 6.28. The molecule has 0 N–H and O–H groups in total. The highest BCUT2D eigenvalue weighted by atomic mass is 15.1. The van der Waals surface area contributed by atoms with Gasteiger partial charge in [-0.05, 0) is 36.4 Å². The van der Waals surface area contributed by atoms with Crippen LogP contribution in [0.2, 0.25) is 0 Å². The van der Waals surface area contributed by atoms with Crippen molar-refractivity contribution in [2.24, 2.45) is 0 Å². The third kappa shape index (κ3) is 3.63. The average molecular weight is 473 g/mol. The summed E-state index contributed by atoms with van der Waals surface area (Å²) in [6.07, 6.45) is 0. The molecule has 0 saturated heterocycles. The maximum atomic E-state index is 10.6. The molecular formula is C30H28N6. The van der Waals surface area contributed by atoms with E-state index in [2.05, 4.69) is 53.7 Å². The predicted molar refractivity (Wildman–Crippen MR) is 143 cm³/mol. The van der Waals surface area contributed by atoms with Crippen molar-refractivity contribution >= 4 is 22.1 Å². The van der Waals surface area contributed by atoms with Crippen molar-refractivity contribution in [1.29, 1.82) is 10.5 Å². The second kappa shape index (κ2) is 8.07. The molecule has 0 saturated carbocycles. The molecular weight excluding hydrogens is 444 g/mol. The maximum Gasteiger partial charge on any atom is 0.119 e. The minimum atomic E-state index is -0.299. The fourth-order valence-electron chi connectivity index (χ4n) is 4.69. The van der Waals surface area contributed by atoms with Crippen molar-refractivity contribution in [3.63, 3.8) is 0 Å². The van der Waals surface area contributed by atoms with Gasteiger partial charge in [0.05, 0.1) is 45.1 Å². The standard InChI is InChI=1S/C30H28N6/c1-29(2,3)27-33-21-11-7-9-13-23(21)35(27)25-15-19(17-31)16-26(20(25)18-32)36-24-14-10-8-12-22(24)34-28(36)30(4,5)6/h7-16H,1-6H3. The van der Waals surface area contributed by atoms with E-state index in [1.807, 2.05) is 57.7 Å². The van der Waals surface area contributed by atoms with Crippen LogP contribution in [0.15, 0.2) is 60.7 Å². The summed E-state index contributed by atoms with van der Waals surface area (Å²) >= 11 is 0. The number of hydrogen-bond acceptors (Lipinski definition) is 4. The third-order valence-corrected chi connectivity index (χ3v) is 6.28. The van der Waals surface area contributed by atoms with Crippen molar-refractivity contribution in [2.45, 2.75) is 52.4 Å². The fraction of sp³-hybridized carbons (Fsp3) is 0.267. The van der Waals surface area contributed by atoms with Crippen LogP contribution in [0, 0.1) is 22.7 Å². The number of benzene rings is 3. The van der Waals surface area contributed by atoms with Gasteiger partial charge in [0.2, 0.25) is 0 Å². The van der Waals surface area contributed by atoms with E-state index >= 15 is 0 Å². The van der Waals surface area contributed by atoms with Crippen LogP contribution in [-0.4, -0.2) is 19.1 Å². The maximum absolute atomic E-state index is 10.6. The minimum absolute atomic E-state index is 0.299. The van der Waals surface area contributed by atoms with E-state index in [-0.39, 0.29) is 10.8 Å². The van der Waals surface area contributed by atoms with Gasteiger partial charge in [-0.15, -0.1) is 0 Å².